The second-order valence-corrected chi connectivity index (χ2v) is 4.84. The number of rotatable bonds is 6. The normalized spacial score (nSPS) is 11.1. The first-order chi connectivity index (χ1) is 8.93. The Morgan fingerprint density at radius 2 is 2.16 bits per heavy atom. The Balaban J connectivity index is 2.63. The summed E-state index contributed by atoms with van der Waals surface area (Å²) in [4.78, 5) is 14.0. The van der Waals surface area contributed by atoms with Gasteiger partial charge in [0.25, 0.3) is 0 Å². The molecular formula is C14H22FN3O. The predicted octanol–water partition coefficient (Wildman–Crippen LogP) is 2.47. The molecule has 0 spiro atoms. The minimum Gasteiger partial charge on any atom is -0.397 e. The van der Waals surface area contributed by atoms with E-state index in [9.17, 15) is 9.18 Å². The largest absolute Gasteiger partial charge is 0.397 e. The molecule has 0 aliphatic rings. The van der Waals surface area contributed by atoms with Crippen LogP contribution in [0.1, 0.15) is 27.2 Å². The SMILES string of the molecule is CCCN(CC(=O)Nc1ccc(F)cc1N)C(C)C. The molecule has 0 fully saturated rings. The number of hydrogen-bond donors (Lipinski definition) is 2. The van der Waals surface area contributed by atoms with Gasteiger partial charge in [-0.05, 0) is 45.0 Å². The summed E-state index contributed by atoms with van der Waals surface area (Å²) in [6.45, 7) is 7.35. The van der Waals surface area contributed by atoms with E-state index in [0.29, 0.717) is 18.3 Å². The van der Waals surface area contributed by atoms with E-state index in [0.717, 1.165) is 13.0 Å². The van der Waals surface area contributed by atoms with E-state index in [4.69, 9.17) is 5.73 Å². The molecular weight excluding hydrogens is 245 g/mol. The van der Waals surface area contributed by atoms with Crippen molar-refractivity contribution >= 4 is 17.3 Å². The zero-order chi connectivity index (χ0) is 14.4. The Labute approximate surface area is 113 Å². The molecule has 0 saturated carbocycles. The fourth-order valence-electron chi connectivity index (χ4n) is 1.83. The molecule has 0 radical (unpaired) electrons. The van der Waals surface area contributed by atoms with Crippen molar-refractivity contribution in [3.05, 3.63) is 24.0 Å². The van der Waals surface area contributed by atoms with E-state index in [1.54, 1.807) is 0 Å². The molecule has 1 rings (SSSR count). The van der Waals surface area contributed by atoms with Crippen LogP contribution in [0.15, 0.2) is 18.2 Å². The third kappa shape index (κ3) is 4.87. The predicted molar refractivity (Wildman–Crippen MR) is 76.4 cm³/mol. The Morgan fingerprint density at radius 1 is 1.47 bits per heavy atom. The standard InChI is InChI=1S/C14H22FN3O/c1-4-7-18(10(2)3)9-14(19)17-13-6-5-11(15)8-12(13)16/h5-6,8,10H,4,7,9,16H2,1-3H3,(H,17,19). The number of nitrogens with two attached hydrogens (primary N) is 1. The molecule has 0 heterocycles. The number of nitrogen functional groups attached to an aromatic ring is 1. The monoisotopic (exact) mass is 267 g/mol. The summed E-state index contributed by atoms with van der Waals surface area (Å²) in [5, 5.41) is 2.71. The van der Waals surface area contributed by atoms with Gasteiger partial charge in [-0.3, -0.25) is 9.69 Å². The van der Waals surface area contributed by atoms with E-state index in [1.165, 1.54) is 18.2 Å². The Bertz CT molecular complexity index is 435. The number of nitrogens with one attached hydrogen (secondary N) is 1. The van der Waals surface area contributed by atoms with Crippen molar-refractivity contribution < 1.29 is 9.18 Å². The van der Waals surface area contributed by atoms with Crippen molar-refractivity contribution in [2.24, 2.45) is 0 Å². The molecule has 1 aromatic rings. The molecule has 0 saturated heterocycles. The molecule has 1 aromatic carbocycles. The number of nitrogens with zero attached hydrogens (tertiary/aromatic N) is 1. The second kappa shape index (κ2) is 7.09. The van der Waals surface area contributed by atoms with Gasteiger partial charge in [-0.25, -0.2) is 4.39 Å². The minimum absolute atomic E-state index is 0.138. The van der Waals surface area contributed by atoms with Crippen LogP contribution in [0.2, 0.25) is 0 Å². The molecule has 0 atom stereocenters. The molecule has 0 unspecified atom stereocenters. The lowest BCUT2D eigenvalue weighted by atomic mass is 10.2. The van der Waals surface area contributed by atoms with Crippen molar-refractivity contribution in [3.63, 3.8) is 0 Å². The molecule has 0 bridgehead atoms. The number of benzene rings is 1. The smallest absolute Gasteiger partial charge is 0.238 e. The number of carbonyl (C=O) groups is 1. The summed E-state index contributed by atoms with van der Waals surface area (Å²) in [5.41, 5.74) is 6.34. The van der Waals surface area contributed by atoms with Crippen molar-refractivity contribution in [1.82, 2.24) is 4.90 Å². The lowest BCUT2D eigenvalue weighted by Crippen LogP contribution is -2.38. The lowest BCUT2D eigenvalue weighted by molar-refractivity contribution is -0.117. The van der Waals surface area contributed by atoms with E-state index in [2.05, 4.69) is 31.0 Å². The highest BCUT2D eigenvalue weighted by Gasteiger charge is 2.14. The van der Waals surface area contributed by atoms with Gasteiger partial charge < -0.3 is 11.1 Å². The van der Waals surface area contributed by atoms with Crippen LogP contribution in [0.4, 0.5) is 15.8 Å². The number of anilines is 2. The summed E-state index contributed by atoms with van der Waals surface area (Å²) in [7, 11) is 0. The first-order valence-electron chi connectivity index (χ1n) is 6.53. The van der Waals surface area contributed by atoms with Crippen molar-refractivity contribution in [2.45, 2.75) is 33.2 Å². The zero-order valence-corrected chi connectivity index (χ0v) is 11.7. The van der Waals surface area contributed by atoms with Crippen LogP contribution < -0.4 is 11.1 Å². The quantitative estimate of drug-likeness (QED) is 0.778. The lowest BCUT2D eigenvalue weighted by Gasteiger charge is -2.25. The van der Waals surface area contributed by atoms with Crippen LogP contribution in [-0.4, -0.2) is 29.9 Å². The van der Waals surface area contributed by atoms with Crippen LogP contribution >= 0.6 is 0 Å². The maximum absolute atomic E-state index is 12.9. The molecule has 1 amide bonds. The highest BCUT2D eigenvalue weighted by atomic mass is 19.1. The van der Waals surface area contributed by atoms with Gasteiger partial charge >= 0.3 is 0 Å². The Kier molecular flexibility index (Phi) is 5.76. The first-order valence-corrected chi connectivity index (χ1v) is 6.53. The van der Waals surface area contributed by atoms with Gasteiger partial charge in [0, 0.05) is 6.04 Å². The molecule has 5 heteroatoms. The van der Waals surface area contributed by atoms with Gasteiger partial charge in [-0.1, -0.05) is 6.92 Å². The summed E-state index contributed by atoms with van der Waals surface area (Å²) >= 11 is 0. The summed E-state index contributed by atoms with van der Waals surface area (Å²) < 4.78 is 12.9. The number of carbonyl (C=O) groups excluding carboxylic acids is 1. The highest BCUT2D eigenvalue weighted by molar-refractivity contribution is 5.95. The maximum Gasteiger partial charge on any atom is 0.238 e. The summed E-state index contributed by atoms with van der Waals surface area (Å²) in [6, 6.07) is 4.25. The van der Waals surface area contributed by atoms with E-state index >= 15 is 0 Å². The van der Waals surface area contributed by atoms with Crippen molar-refractivity contribution in [2.75, 3.05) is 24.1 Å². The Morgan fingerprint density at radius 3 is 2.68 bits per heavy atom. The molecule has 0 aromatic heterocycles. The number of hydrogen-bond acceptors (Lipinski definition) is 3. The average molecular weight is 267 g/mol. The van der Waals surface area contributed by atoms with Crippen LogP contribution in [-0.2, 0) is 4.79 Å². The van der Waals surface area contributed by atoms with Gasteiger partial charge in [-0.15, -0.1) is 0 Å². The van der Waals surface area contributed by atoms with Gasteiger partial charge in [-0.2, -0.15) is 0 Å². The molecule has 4 nitrogen and oxygen atoms in total. The summed E-state index contributed by atoms with van der Waals surface area (Å²) in [5.74, 6) is -0.550. The fourth-order valence-corrected chi connectivity index (χ4v) is 1.83. The van der Waals surface area contributed by atoms with Crippen molar-refractivity contribution in [1.29, 1.82) is 0 Å². The topological polar surface area (TPSA) is 58.4 Å². The third-order valence-corrected chi connectivity index (χ3v) is 2.88. The number of amides is 1. The number of halogens is 1. The molecule has 19 heavy (non-hydrogen) atoms. The third-order valence-electron chi connectivity index (χ3n) is 2.88. The second-order valence-electron chi connectivity index (χ2n) is 4.84. The minimum atomic E-state index is -0.412. The Hall–Kier alpha value is -1.62. The average Bonchev–Trinajstić information content (AvgIpc) is 2.32. The van der Waals surface area contributed by atoms with Gasteiger partial charge in [0.15, 0.2) is 0 Å². The molecule has 3 N–H and O–H groups in total. The van der Waals surface area contributed by atoms with Gasteiger partial charge in [0.05, 0.1) is 17.9 Å². The van der Waals surface area contributed by atoms with Crippen LogP contribution in [0, 0.1) is 5.82 Å². The summed E-state index contributed by atoms with van der Waals surface area (Å²) in [6.07, 6.45) is 0.990. The molecule has 106 valence electrons. The van der Waals surface area contributed by atoms with E-state index in [-0.39, 0.29) is 11.6 Å². The fraction of sp³-hybridized carbons (Fsp3) is 0.500. The zero-order valence-electron chi connectivity index (χ0n) is 11.7. The van der Waals surface area contributed by atoms with E-state index < -0.39 is 5.82 Å². The first kappa shape index (κ1) is 15.4. The van der Waals surface area contributed by atoms with Crippen LogP contribution in [0.3, 0.4) is 0 Å². The molecule has 0 aliphatic heterocycles. The highest BCUT2D eigenvalue weighted by Crippen LogP contribution is 2.19. The van der Waals surface area contributed by atoms with E-state index in [1.807, 2.05) is 0 Å². The van der Waals surface area contributed by atoms with Crippen LogP contribution in [0.25, 0.3) is 0 Å². The van der Waals surface area contributed by atoms with Gasteiger partial charge in [0.2, 0.25) is 5.91 Å². The maximum atomic E-state index is 12.9. The van der Waals surface area contributed by atoms with Crippen LogP contribution in [0.5, 0.6) is 0 Å². The molecule has 0 aliphatic carbocycles. The van der Waals surface area contributed by atoms with Gasteiger partial charge in [0.1, 0.15) is 5.82 Å². The van der Waals surface area contributed by atoms with Crippen molar-refractivity contribution in [3.8, 4) is 0 Å².